The number of carbonyl (C=O) groups excluding carboxylic acids is 2. The summed E-state index contributed by atoms with van der Waals surface area (Å²) >= 11 is 0. The number of carbonyl (C=O) groups is 2. The quantitative estimate of drug-likeness (QED) is 0.421. The van der Waals surface area contributed by atoms with E-state index in [0.29, 0.717) is 12.8 Å². The third-order valence-corrected chi connectivity index (χ3v) is 10.4. The summed E-state index contributed by atoms with van der Waals surface area (Å²) in [5, 5.41) is 0.215. The average Bonchev–Trinajstić information content (AvgIpc) is 2.98. The van der Waals surface area contributed by atoms with Crippen LogP contribution in [0.3, 0.4) is 0 Å². The first-order chi connectivity index (χ1) is 13.1. The molecule has 0 aliphatic carbocycles. The van der Waals surface area contributed by atoms with Gasteiger partial charge in [-0.05, 0) is 43.0 Å². The lowest BCUT2D eigenvalue weighted by Gasteiger charge is -2.36. The van der Waals surface area contributed by atoms with E-state index in [4.69, 9.17) is 9.16 Å². The van der Waals surface area contributed by atoms with Crippen LogP contribution < -0.4 is 0 Å². The Labute approximate surface area is 170 Å². The van der Waals surface area contributed by atoms with Crippen LogP contribution >= 0.6 is 0 Å². The minimum Gasteiger partial charge on any atom is -0.447 e. The molecule has 1 aliphatic rings. The Bertz CT molecular complexity index is 654. The highest BCUT2D eigenvalue weighted by atomic mass is 28.4. The van der Waals surface area contributed by atoms with Gasteiger partial charge in [0.25, 0.3) is 0 Å². The van der Waals surface area contributed by atoms with E-state index in [1.165, 1.54) is 4.90 Å². The van der Waals surface area contributed by atoms with Crippen LogP contribution in [0.15, 0.2) is 30.3 Å². The number of unbranched alkanes of at least 4 members (excludes halogenated alkanes) is 2. The molecule has 0 radical (unpaired) electrons. The molecule has 5 nitrogen and oxygen atoms in total. The van der Waals surface area contributed by atoms with Crippen LogP contribution in [0.1, 0.15) is 52.0 Å². The predicted molar refractivity (Wildman–Crippen MR) is 114 cm³/mol. The van der Waals surface area contributed by atoms with Gasteiger partial charge in [0.05, 0.1) is 6.04 Å². The molecular formula is C22H35NO4Si. The summed E-state index contributed by atoms with van der Waals surface area (Å²) in [4.78, 5) is 25.9. The van der Waals surface area contributed by atoms with E-state index in [2.05, 4.69) is 33.9 Å². The van der Waals surface area contributed by atoms with Crippen molar-refractivity contribution in [3.63, 3.8) is 0 Å². The van der Waals surface area contributed by atoms with Gasteiger partial charge in [-0.3, -0.25) is 4.79 Å². The number of hydrogen-bond donors (Lipinski definition) is 0. The van der Waals surface area contributed by atoms with Crippen LogP contribution in [-0.4, -0.2) is 44.5 Å². The lowest BCUT2D eigenvalue weighted by Crippen LogP contribution is -2.41. The molecule has 1 atom stereocenters. The maximum Gasteiger partial charge on any atom is 0.416 e. The standard InChI is InChI=1S/C22H35NO4Si/c1-22(2,3)28(4,5)27-15-11-7-10-14-20(24)23-19(17-26-21(23)25)16-18-12-8-6-9-13-18/h6,8-9,12-13,19H,7,10-11,14-17H2,1-5H3. The number of cyclic esters (lactones) is 1. The minimum absolute atomic E-state index is 0.131. The van der Waals surface area contributed by atoms with Crippen molar-refractivity contribution in [2.24, 2.45) is 0 Å². The molecule has 2 amide bonds. The first-order valence-corrected chi connectivity index (χ1v) is 13.2. The molecule has 2 rings (SSSR count). The summed E-state index contributed by atoms with van der Waals surface area (Å²) in [6, 6.07) is 9.69. The van der Waals surface area contributed by atoms with Crippen molar-refractivity contribution in [2.75, 3.05) is 13.2 Å². The Kier molecular flexibility index (Phi) is 7.84. The van der Waals surface area contributed by atoms with E-state index in [-0.39, 0.29) is 23.6 Å². The average molecular weight is 406 g/mol. The second-order valence-electron chi connectivity index (χ2n) is 9.10. The van der Waals surface area contributed by atoms with Gasteiger partial charge in [-0.25, -0.2) is 9.69 Å². The van der Waals surface area contributed by atoms with Gasteiger partial charge in [0.15, 0.2) is 8.32 Å². The first-order valence-electron chi connectivity index (χ1n) is 10.3. The fourth-order valence-corrected chi connectivity index (χ4v) is 4.11. The normalized spacial score (nSPS) is 17.7. The number of ether oxygens (including phenoxy) is 1. The van der Waals surface area contributed by atoms with Crippen molar-refractivity contribution >= 4 is 20.3 Å². The van der Waals surface area contributed by atoms with Gasteiger partial charge >= 0.3 is 6.09 Å². The van der Waals surface area contributed by atoms with Crippen LogP contribution in [0.4, 0.5) is 4.79 Å². The number of benzene rings is 1. The number of rotatable bonds is 9. The topological polar surface area (TPSA) is 55.8 Å². The number of hydrogen-bond acceptors (Lipinski definition) is 4. The SMILES string of the molecule is CC(C)(C)[Si](C)(C)OCCCCCC(=O)N1C(=O)OCC1Cc1ccccc1. The fourth-order valence-electron chi connectivity index (χ4n) is 3.02. The highest BCUT2D eigenvalue weighted by Crippen LogP contribution is 2.36. The molecule has 0 aromatic heterocycles. The molecule has 0 bridgehead atoms. The van der Waals surface area contributed by atoms with E-state index in [1.807, 2.05) is 30.3 Å². The third-order valence-electron chi connectivity index (χ3n) is 5.85. The van der Waals surface area contributed by atoms with Gasteiger partial charge < -0.3 is 9.16 Å². The molecule has 1 heterocycles. The van der Waals surface area contributed by atoms with Crippen LogP contribution in [-0.2, 0) is 20.4 Å². The molecule has 1 aromatic rings. The number of imide groups is 1. The number of nitrogens with zero attached hydrogens (tertiary/aromatic N) is 1. The molecule has 0 spiro atoms. The van der Waals surface area contributed by atoms with Gasteiger partial charge in [-0.2, -0.15) is 0 Å². The van der Waals surface area contributed by atoms with Gasteiger partial charge in [0.1, 0.15) is 6.61 Å². The van der Waals surface area contributed by atoms with Crippen molar-refractivity contribution < 1.29 is 18.8 Å². The van der Waals surface area contributed by atoms with Gasteiger partial charge in [-0.1, -0.05) is 57.5 Å². The van der Waals surface area contributed by atoms with E-state index in [9.17, 15) is 9.59 Å². The Morgan fingerprint density at radius 2 is 1.86 bits per heavy atom. The highest BCUT2D eigenvalue weighted by molar-refractivity contribution is 6.74. The Morgan fingerprint density at radius 1 is 1.18 bits per heavy atom. The molecular weight excluding hydrogens is 370 g/mol. The minimum atomic E-state index is -1.70. The summed E-state index contributed by atoms with van der Waals surface area (Å²) in [5.41, 5.74) is 1.10. The van der Waals surface area contributed by atoms with Crippen LogP contribution in [0.25, 0.3) is 0 Å². The van der Waals surface area contributed by atoms with Crippen LogP contribution in [0.2, 0.25) is 18.1 Å². The Balaban J connectivity index is 1.73. The zero-order valence-corrected chi connectivity index (χ0v) is 19.0. The largest absolute Gasteiger partial charge is 0.447 e. The maximum absolute atomic E-state index is 12.6. The molecule has 1 aliphatic heterocycles. The summed E-state index contributed by atoms with van der Waals surface area (Å²) < 4.78 is 11.3. The molecule has 1 fully saturated rings. The number of amides is 2. The maximum atomic E-state index is 12.6. The second-order valence-corrected chi connectivity index (χ2v) is 13.9. The van der Waals surface area contributed by atoms with Crippen LogP contribution in [0, 0.1) is 0 Å². The molecule has 6 heteroatoms. The van der Waals surface area contributed by atoms with Gasteiger partial charge in [-0.15, -0.1) is 0 Å². The first kappa shape index (κ1) is 22.6. The van der Waals surface area contributed by atoms with Gasteiger partial charge in [0.2, 0.25) is 5.91 Å². The molecule has 1 unspecified atom stereocenters. The lowest BCUT2D eigenvalue weighted by molar-refractivity contribution is -0.129. The predicted octanol–water partition coefficient (Wildman–Crippen LogP) is 5.16. The Hall–Kier alpha value is -1.66. The summed E-state index contributed by atoms with van der Waals surface area (Å²) in [7, 11) is -1.70. The summed E-state index contributed by atoms with van der Waals surface area (Å²) in [6.45, 7) is 12.2. The third kappa shape index (κ3) is 6.17. The van der Waals surface area contributed by atoms with Crippen molar-refractivity contribution in [3.8, 4) is 0 Å². The monoisotopic (exact) mass is 405 g/mol. The summed E-state index contributed by atoms with van der Waals surface area (Å²) in [5.74, 6) is -0.131. The lowest BCUT2D eigenvalue weighted by atomic mass is 10.1. The van der Waals surface area contributed by atoms with Crippen molar-refractivity contribution in [2.45, 2.75) is 77.0 Å². The Morgan fingerprint density at radius 3 is 2.50 bits per heavy atom. The van der Waals surface area contributed by atoms with Crippen molar-refractivity contribution in [1.82, 2.24) is 4.90 Å². The molecule has 1 aromatic carbocycles. The zero-order valence-electron chi connectivity index (χ0n) is 18.0. The van der Waals surface area contributed by atoms with Crippen molar-refractivity contribution in [3.05, 3.63) is 35.9 Å². The highest BCUT2D eigenvalue weighted by Gasteiger charge is 2.38. The van der Waals surface area contributed by atoms with Gasteiger partial charge in [0, 0.05) is 13.0 Å². The zero-order chi connectivity index (χ0) is 20.8. The smallest absolute Gasteiger partial charge is 0.416 e. The van der Waals surface area contributed by atoms with E-state index >= 15 is 0 Å². The molecule has 156 valence electrons. The second kappa shape index (κ2) is 9.70. The molecule has 0 saturated carbocycles. The summed E-state index contributed by atoms with van der Waals surface area (Å²) in [6.07, 6.45) is 3.14. The molecule has 28 heavy (non-hydrogen) atoms. The van der Waals surface area contributed by atoms with Crippen molar-refractivity contribution in [1.29, 1.82) is 0 Å². The van der Waals surface area contributed by atoms with Crippen LogP contribution in [0.5, 0.6) is 0 Å². The fraction of sp³-hybridized carbons (Fsp3) is 0.636. The molecule has 1 saturated heterocycles. The van der Waals surface area contributed by atoms with E-state index < -0.39 is 14.4 Å². The van der Waals surface area contributed by atoms with E-state index in [0.717, 1.165) is 31.4 Å². The molecule has 0 N–H and O–H groups in total. The van der Waals surface area contributed by atoms with E-state index in [1.54, 1.807) is 0 Å².